The predicted octanol–water partition coefficient (Wildman–Crippen LogP) is -1.10. The van der Waals surface area contributed by atoms with E-state index >= 15 is 0 Å². The van der Waals surface area contributed by atoms with Gasteiger partial charge < -0.3 is 0 Å². The van der Waals surface area contributed by atoms with Gasteiger partial charge in [0.15, 0.2) is 15.0 Å². The molecule has 0 spiro atoms. The summed E-state index contributed by atoms with van der Waals surface area (Å²) in [5.74, 6) is 0.0930. The molecule has 8 heteroatoms. The van der Waals surface area contributed by atoms with Gasteiger partial charge in [-0.2, -0.15) is 0 Å². The van der Waals surface area contributed by atoms with Gasteiger partial charge in [-0.15, -0.1) is 0 Å². The number of carbonyl (C=O) groups excluding carboxylic acids is 1. The van der Waals surface area contributed by atoms with E-state index in [2.05, 4.69) is 15.8 Å². The number of aliphatic imine (C=N–C) groups is 1. The molecule has 1 saturated heterocycles. The number of nitrogens with one attached hydrogen (secondary N) is 2. The number of thioether (sulfide) groups is 1. The Kier molecular flexibility index (Phi) is 2.63. The van der Waals surface area contributed by atoms with Crippen molar-refractivity contribution in [2.24, 2.45) is 4.99 Å². The van der Waals surface area contributed by atoms with Crippen molar-refractivity contribution in [2.45, 2.75) is 18.2 Å². The first kappa shape index (κ1) is 10.7. The molecule has 1 fully saturated rings. The summed E-state index contributed by atoms with van der Waals surface area (Å²) >= 11 is 1.37. The van der Waals surface area contributed by atoms with Gasteiger partial charge >= 0.3 is 0 Å². The van der Waals surface area contributed by atoms with Gasteiger partial charge in [0, 0.05) is 12.2 Å². The van der Waals surface area contributed by atoms with Gasteiger partial charge in [-0.1, -0.05) is 11.8 Å². The lowest BCUT2D eigenvalue weighted by Gasteiger charge is -2.05. The van der Waals surface area contributed by atoms with Gasteiger partial charge in [0.05, 0.1) is 17.5 Å². The molecule has 2 atom stereocenters. The van der Waals surface area contributed by atoms with E-state index in [0.29, 0.717) is 5.17 Å². The number of hydrogen-bond acceptors (Lipinski definition) is 6. The maximum absolute atomic E-state index is 11.2. The van der Waals surface area contributed by atoms with Crippen molar-refractivity contribution in [3.8, 4) is 0 Å². The summed E-state index contributed by atoms with van der Waals surface area (Å²) in [4.78, 5) is 14.8. The molecule has 0 unspecified atom stereocenters. The largest absolute Gasteiger partial charge is 0.277 e. The molecule has 2 N–H and O–H groups in total. The standard InChI is InChI=1S/C7H11N3O3S2/c1-4(11)9-10-7-8-5-2-15(12,13)3-6(5)14-7/h5-6H,2-3H2,1H3,(H,8,10)(H,9,11)/t5-,6-/m1/s1. The number of amides is 1. The van der Waals surface area contributed by atoms with Gasteiger partial charge in [-0.3, -0.25) is 20.6 Å². The fraction of sp³-hybridized carbons (Fsp3) is 0.714. The normalized spacial score (nSPS) is 31.9. The summed E-state index contributed by atoms with van der Waals surface area (Å²) < 4.78 is 22.5. The quantitative estimate of drug-likeness (QED) is 0.532. The van der Waals surface area contributed by atoms with Crippen molar-refractivity contribution < 1.29 is 13.2 Å². The lowest BCUT2D eigenvalue weighted by molar-refractivity contribution is -0.119. The van der Waals surface area contributed by atoms with Crippen LogP contribution in [0.15, 0.2) is 4.99 Å². The molecule has 0 aromatic heterocycles. The van der Waals surface area contributed by atoms with E-state index in [1.165, 1.54) is 18.7 Å². The fourth-order valence-corrected chi connectivity index (χ4v) is 5.17. The number of hydrogen-bond donors (Lipinski definition) is 2. The summed E-state index contributed by atoms with van der Waals surface area (Å²) in [7, 11) is -2.90. The molecule has 0 aliphatic carbocycles. The molecule has 2 heterocycles. The zero-order valence-electron chi connectivity index (χ0n) is 8.06. The number of fused-ring (bicyclic) bond motifs is 1. The summed E-state index contributed by atoms with van der Waals surface area (Å²) in [6, 6.07) is -0.156. The Balaban J connectivity index is 1.96. The molecule has 2 aliphatic heterocycles. The second-order valence-corrected chi connectivity index (χ2v) is 6.92. The fourth-order valence-electron chi connectivity index (χ4n) is 1.56. The summed E-state index contributed by atoms with van der Waals surface area (Å²) in [6.07, 6.45) is 0. The molecule has 0 bridgehead atoms. The minimum Gasteiger partial charge on any atom is -0.277 e. The van der Waals surface area contributed by atoms with Crippen molar-refractivity contribution in [3.05, 3.63) is 0 Å². The number of rotatable bonds is 0. The average molecular weight is 249 g/mol. The van der Waals surface area contributed by atoms with Gasteiger partial charge in [0.2, 0.25) is 5.91 Å². The van der Waals surface area contributed by atoms with Crippen LogP contribution in [0.5, 0.6) is 0 Å². The number of amidine groups is 1. The van der Waals surface area contributed by atoms with Crippen LogP contribution in [0.4, 0.5) is 0 Å². The zero-order valence-corrected chi connectivity index (χ0v) is 9.69. The Morgan fingerprint density at radius 1 is 1.53 bits per heavy atom. The van der Waals surface area contributed by atoms with Crippen molar-refractivity contribution in [1.29, 1.82) is 0 Å². The minimum absolute atomic E-state index is 0.00579. The van der Waals surface area contributed by atoms with Crippen LogP contribution in [0, 0.1) is 0 Å². The first-order chi connectivity index (χ1) is 6.96. The molecular formula is C7H11N3O3S2. The highest BCUT2D eigenvalue weighted by Crippen LogP contribution is 2.33. The molecule has 0 radical (unpaired) electrons. The summed E-state index contributed by atoms with van der Waals surface area (Å²) in [5, 5.41) is 0.598. The topological polar surface area (TPSA) is 87.6 Å². The number of carbonyl (C=O) groups is 1. The van der Waals surface area contributed by atoms with Crippen LogP contribution in [-0.2, 0) is 14.6 Å². The van der Waals surface area contributed by atoms with E-state index in [0.717, 1.165) is 0 Å². The number of sulfone groups is 1. The maximum Gasteiger partial charge on any atom is 0.235 e. The monoisotopic (exact) mass is 249 g/mol. The summed E-state index contributed by atoms with van der Waals surface area (Å²) in [6.45, 7) is 1.39. The maximum atomic E-state index is 11.2. The Morgan fingerprint density at radius 2 is 2.27 bits per heavy atom. The third-order valence-corrected chi connectivity index (χ3v) is 5.31. The van der Waals surface area contributed by atoms with Gasteiger partial charge in [-0.05, 0) is 0 Å². The first-order valence-electron chi connectivity index (χ1n) is 4.44. The van der Waals surface area contributed by atoms with E-state index in [1.807, 2.05) is 0 Å². The van der Waals surface area contributed by atoms with Crippen LogP contribution < -0.4 is 10.9 Å². The lowest BCUT2D eigenvalue weighted by Crippen LogP contribution is -2.38. The molecule has 0 saturated carbocycles. The highest BCUT2D eigenvalue weighted by atomic mass is 32.2. The van der Waals surface area contributed by atoms with Gasteiger partial charge in [-0.25, -0.2) is 8.42 Å². The Hall–Kier alpha value is -0.760. The van der Waals surface area contributed by atoms with Crippen molar-refractivity contribution >= 4 is 32.7 Å². The second kappa shape index (κ2) is 3.67. The minimum atomic E-state index is -2.90. The SMILES string of the molecule is CC(=O)NNC1=N[C@@H]2CS(=O)(=O)C[C@H]2S1. The lowest BCUT2D eigenvalue weighted by atomic mass is 10.3. The van der Waals surface area contributed by atoms with E-state index < -0.39 is 9.84 Å². The van der Waals surface area contributed by atoms with Crippen molar-refractivity contribution in [3.63, 3.8) is 0 Å². The number of nitrogens with zero attached hydrogens (tertiary/aromatic N) is 1. The Morgan fingerprint density at radius 3 is 2.87 bits per heavy atom. The highest BCUT2D eigenvalue weighted by molar-refractivity contribution is 8.15. The predicted molar refractivity (Wildman–Crippen MR) is 58.2 cm³/mol. The summed E-state index contributed by atoms with van der Waals surface area (Å²) in [5.41, 5.74) is 5.06. The average Bonchev–Trinajstić information content (AvgIpc) is 2.53. The Bertz CT molecular complexity index is 417. The highest BCUT2D eigenvalue weighted by Gasteiger charge is 2.42. The molecule has 84 valence electrons. The van der Waals surface area contributed by atoms with Crippen LogP contribution in [0.25, 0.3) is 0 Å². The molecule has 15 heavy (non-hydrogen) atoms. The smallest absolute Gasteiger partial charge is 0.235 e. The zero-order chi connectivity index (χ0) is 11.1. The van der Waals surface area contributed by atoms with Crippen LogP contribution >= 0.6 is 11.8 Å². The Labute approximate surface area is 91.8 Å². The molecule has 0 aromatic rings. The van der Waals surface area contributed by atoms with Crippen LogP contribution in [-0.4, -0.2) is 42.3 Å². The second-order valence-electron chi connectivity index (χ2n) is 3.54. The molecular weight excluding hydrogens is 238 g/mol. The molecule has 0 aromatic carbocycles. The molecule has 2 aliphatic rings. The molecule has 1 amide bonds. The van der Waals surface area contributed by atoms with Crippen LogP contribution in [0.2, 0.25) is 0 Å². The van der Waals surface area contributed by atoms with E-state index in [1.54, 1.807) is 0 Å². The number of hydrazine groups is 1. The van der Waals surface area contributed by atoms with Crippen molar-refractivity contribution in [2.75, 3.05) is 11.5 Å². The van der Waals surface area contributed by atoms with Crippen LogP contribution in [0.3, 0.4) is 0 Å². The molecule has 6 nitrogen and oxygen atoms in total. The van der Waals surface area contributed by atoms with E-state index in [4.69, 9.17) is 0 Å². The molecule has 2 rings (SSSR count). The van der Waals surface area contributed by atoms with E-state index in [9.17, 15) is 13.2 Å². The third-order valence-electron chi connectivity index (χ3n) is 2.16. The van der Waals surface area contributed by atoms with Crippen LogP contribution in [0.1, 0.15) is 6.92 Å². The van der Waals surface area contributed by atoms with Crippen molar-refractivity contribution in [1.82, 2.24) is 10.9 Å². The van der Waals surface area contributed by atoms with Gasteiger partial charge in [0.25, 0.3) is 0 Å². The van der Waals surface area contributed by atoms with Gasteiger partial charge in [0.1, 0.15) is 0 Å². The van der Waals surface area contributed by atoms with E-state index in [-0.39, 0.29) is 28.7 Å². The third kappa shape index (κ3) is 2.43. The first-order valence-corrected chi connectivity index (χ1v) is 7.14.